The average molecular weight is 208 g/mol. The van der Waals surface area contributed by atoms with Crippen LogP contribution >= 0.6 is 0 Å². The molecule has 0 aromatic carbocycles. The Labute approximate surface area is 86.5 Å². The van der Waals surface area contributed by atoms with Gasteiger partial charge in [0.15, 0.2) is 11.2 Å². The summed E-state index contributed by atoms with van der Waals surface area (Å²) in [5.74, 6) is 0.557. The molecule has 15 heavy (non-hydrogen) atoms. The lowest BCUT2D eigenvalue weighted by Crippen LogP contribution is -2.24. The molecule has 2 aromatic rings. The van der Waals surface area contributed by atoms with Crippen LogP contribution in [0.2, 0.25) is 0 Å². The minimum atomic E-state index is 0.169. The summed E-state index contributed by atoms with van der Waals surface area (Å²) in [5.41, 5.74) is 6.79. The predicted octanol–water partition coefficient (Wildman–Crippen LogP) is -0.385. The average Bonchev–Trinajstić information content (AvgIpc) is 2.59. The molecule has 80 valence electrons. The Hall–Kier alpha value is -2.05. The van der Waals surface area contributed by atoms with Gasteiger partial charge in [0.25, 0.3) is 0 Å². The van der Waals surface area contributed by atoms with Gasteiger partial charge >= 0.3 is 0 Å². The van der Waals surface area contributed by atoms with Gasteiger partial charge in [0.2, 0.25) is 11.8 Å². The van der Waals surface area contributed by atoms with Gasteiger partial charge in [-0.25, -0.2) is 9.66 Å². The molecule has 0 bridgehead atoms. The van der Waals surface area contributed by atoms with Crippen LogP contribution in [-0.4, -0.2) is 40.8 Å². The number of methoxy groups -OCH3 is 1. The standard InChI is InChI=1S/C8H12N6O/c1-13(2)14-4-10-5-6(14)11-8(9)12-7(5)15-3/h4H,1-3H3,(H2,9,11,12). The summed E-state index contributed by atoms with van der Waals surface area (Å²) in [6.45, 7) is 0. The summed E-state index contributed by atoms with van der Waals surface area (Å²) in [7, 11) is 5.29. The van der Waals surface area contributed by atoms with Gasteiger partial charge < -0.3 is 15.5 Å². The second kappa shape index (κ2) is 3.26. The third-order valence-electron chi connectivity index (χ3n) is 1.99. The zero-order chi connectivity index (χ0) is 11.0. The van der Waals surface area contributed by atoms with Gasteiger partial charge in [-0.05, 0) is 0 Å². The van der Waals surface area contributed by atoms with E-state index in [0.717, 1.165) is 0 Å². The molecule has 0 unspecified atom stereocenters. The molecule has 0 saturated carbocycles. The van der Waals surface area contributed by atoms with Crippen LogP contribution < -0.4 is 15.5 Å². The molecule has 2 N–H and O–H groups in total. The molecule has 0 spiro atoms. The summed E-state index contributed by atoms with van der Waals surface area (Å²) in [5, 5.41) is 1.83. The molecule has 0 fully saturated rings. The zero-order valence-electron chi connectivity index (χ0n) is 8.80. The Balaban J connectivity index is 2.75. The first-order valence-electron chi connectivity index (χ1n) is 4.35. The Morgan fingerprint density at radius 2 is 2.13 bits per heavy atom. The molecule has 0 aliphatic carbocycles. The number of hydrogen-bond donors (Lipinski definition) is 1. The molecule has 0 aliphatic rings. The van der Waals surface area contributed by atoms with Gasteiger partial charge in [-0.3, -0.25) is 0 Å². The van der Waals surface area contributed by atoms with Gasteiger partial charge in [-0.1, -0.05) is 0 Å². The second-order valence-corrected chi connectivity index (χ2v) is 3.20. The van der Waals surface area contributed by atoms with E-state index < -0.39 is 0 Å². The number of anilines is 1. The van der Waals surface area contributed by atoms with E-state index in [9.17, 15) is 0 Å². The lowest BCUT2D eigenvalue weighted by molar-refractivity contribution is 0.402. The molecular formula is C8H12N6O. The van der Waals surface area contributed by atoms with Crippen molar-refractivity contribution >= 4 is 17.1 Å². The van der Waals surface area contributed by atoms with E-state index in [0.29, 0.717) is 17.0 Å². The fraction of sp³-hybridized carbons (Fsp3) is 0.375. The third kappa shape index (κ3) is 1.41. The summed E-state index contributed by atoms with van der Waals surface area (Å²) in [6.07, 6.45) is 1.64. The van der Waals surface area contributed by atoms with E-state index in [1.165, 1.54) is 7.11 Å². The molecule has 2 rings (SSSR count). The number of imidazole rings is 1. The smallest absolute Gasteiger partial charge is 0.247 e. The van der Waals surface area contributed by atoms with Crippen LogP contribution in [0, 0.1) is 0 Å². The van der Waals surface area contributed by atoms with Crippen LogP contribution in [0.4, 0.5) is 5.95 Å². The normalized spacial score (nSPS) is 10.6. The molecular weight excluding hydrogens is 196 g/mol. The van der Waals surface area contributed by atoms with Crippen molar-refractivity contribution < 1.29 is 4.74 Å². The van der Waals surface area contributed by atoms with Crippen LogP contribution in [0.3, 0.4) is 0 Å². The lowest BCUT2D eigenvalue weighted by atomic mass is 10.5. The minimum absolute atomic E-state index is 0.169. The van der Waals surface area contributed by atoms with Crippen LogP contribution in [0.1, 0.15) is 0 Å². The van der Waals surface area contributed by atoms with Crippen molar-refractivity contribution in [1.29, 1.82) is 0 Å². The maximum atomic E-state index is 5.57. The van der Waals surface area contributed by atoms with E-state index in [1.807, 2.05) is 19.1 Å². The number of aromatic nitrogens is 4. The van der Waals surface area contributed by atoms with E-state index >= 15 is 0 Å². The number of nitrogens with zero attached hydrogens (tertiary/aromatic N) is 5. The van der Waals surface area contributed by atoms with Gasteiger partial charge in [0.1, 0.15) is 6.33 Å². The summed E-state index contributed by atoms with van der Waals surface area (Å²) in [6, 6.07) is 0. The first-order chi connectivity index (χ1) is 7.13. The van der Waals surface area contributed by atoms with Crippen molar-refractivity contribution in [2.45, 2.75) is 0 Å². The van der Waals surface area contributed by atoms with Gasteiger partial charge in [0.05, 0.1) is 7.11 Å². The summed E-state index contributed by atoms with van der Waals surface area (Å²) >= 11 is 0. The Bertz CT molecular complexity index is 491. The highest BCUT2D eigenvalue weighted by molar-refractivity contribution is 5.77. The number of hydrogen-bond acceptors (Lipinski definition) is 6. The second-order valence-electron chi connectivity index (χ2n) is 3.20. The number of ether oxygens (including phenoxy) is 1. The highest BCUT2D eigenvalue weighted by Gasteiger charge is 2.13. The number of rotatable bonds is 2. The third-order valence-corrected chi connectivity index (χ3v) is 1.99. The lowest BCUT2D eigenvalue weighted by Gasteiger charge is -2.13. The molecule has 0 atom stereocenters. The SMILES string of the molecule is COc1nc(N)nc2c1ncn2N(C)C. The van der Waals surface area contributed by atoms with Crippen molar-refractivity contribution in [2.75, 3.05) is 31.9 Å². The fourth-order valence-electron chi connectivity index (χ4n) is 1.31. The van der Waals surface area contributed by atoms with E-state index in [2.05, 4.69) is 15.0 Å². The highest BCUT2D eigenvalue weighted by Crippen LogP contribution is 2.20. The first kappa shape index (κ1) is 9.50. The van der Waals surface area contributed by atoms with E-state index in [4.69, 9.17) is 10.5 Å². The van der Waals surface area contributed by atoms with Crippen LogP contribution in [0.15, 0.2) is 6.33 Å². The van der Waals surface area contributed by atoms with Crippen molar-refractivity contribution in [3.8, 4) is 5.88 Å². The van der Waals surface area contributed by atoms with Gasteiger partial charge in [-0.2, -0.15) is 9.97 Å². The molecule has 0 saturated heterocycles. The largest absolute Gasteiger partial charge is 0.479 e. The Morgan fingerprint density at radius 1 is 1.40 bits per heavy atom. The molecule has 2 aromatic heterocycles. The monoisotopic (exact) mass is 208 g/mol. The van der Waals surface area contributed by atoms with Crippen LogP contribution in [-0.2, 0) is 0 Å². The van der Waals surface area contributed by atoms with E-state index in [-0.39, 0.29) is 5.95 Å². The van der Waals surface area contributed by atoms with Crippen molar-refractivity contribution in [3.63, 3.8) is 0 Å². The first-order valence-corrected chi connectivity index (χ1v) is 4.35. The van der Waals surface area contributed by atoms with E-state index in [1.54, 1.807) is 11.0 Å². The summed E-state index contributed by atoms with van der Waals surface area (Å²) < 4.78 is 6.84. The summed E-state index contributed by atoms with van der Waals surface area (Å²) in [4.78, 5) is 12.2. The quantitative estimate of drug-likeness (QED) is 0.724. The number of nitrogens with two attached hydrogens (primary N) is 1. The molecule has 7 heteroatoms. The fourth-order valence-corrected chi connectivity index (χ4v) is 1.31. The topological polar surface area (TPSA) is 82.1 Å². The maximum Gasteiger partial charge on any atom is 0.247 e. The Kier molecular flexibility index (Phi) is 2.07. The minimum Gasteiger partial charge on any atom is -0.479 e. The van der Waals surface area contributed by atoms with Crippen molar-refractivity contribution in [1.82, 2.24) is 19.6 Å². The van der Waals surface area contributed by atoms with Gasteiger partial charge in [0, 0.05) is 14.1 Å². The molecule has 0 aliphatic heterocycles. The predicted molar refractivity (Wildman–Crippen MR) is 56.4 cm³/mol. The van der Waals surface area contributed by atoms with Crippen LogP contribution in [0.5, 0.6) is 5.88 Å². The highest BCUT2D eigenvalue weighted by atomic mass is 16.5. The zero-order valence-corrected chi connectivity index (χ0v) is 8.80. The number of nitrogen functional groups attached to an aromatic ring is 1. The van der Waals surface area contributed by atoms with Crippen molar-refractivity contribution in [2.24, 2.45) is 0 Å². The molecule has 7 nitrogen and oxygen atoms in total. The van der Waals surface area contributed by atoms with Crippen molar-refractivity contribution in [3.05, 3.63) is 6.33 Å². The molecule has 0 amide bonds. The molecule has 0 radical (unpaired) electrons. The number of fused-ring (bicyclic) bond motifs is 1. The maximum absolute atomic E-state index is 5.57. The van der Waals surface area contributed by atoms with Gasteiger partial charge in [-0.15, -0.1) is 0 Å². The Morgan fingerprint density at radius 3 is 2.73 bits per heavy atom. The van der Waals surface area contributed by atoms with Crippen LogP contribution in [0.25, 0.3) is 11.2 Å². The molecule has 2 heterocycles.